The summed E-state index contributed by atoms with van der Waals surface area (Å²) in [4.78, 5) is 2.38. The molecule has 0 spiro atoms. The van der Waals surface area contributed by atoms with E-state index in [1.165, 1.54) is 5.56 Å². The second-order valence-corrected chi connectivity index (χ2v) is 4.74. The van der Waals surface area contributed by atoms with Crippen LogP contribution in [-0.4, -0.2) is 28.5 Å². The van der Waals surface area contributed by atoms with E-state index in [4.69, 9.17) is 11.6 Å². The molecule has 0 unspecified atom stereocenters. The van der Waals surface area contributed by atoms with Crippen molar-refractivity contribution < 1.29 is 5.11 Å². The number of likely N-dealkylation sites (tertiary alicyclic amines) is 1. The molecule has 0 radical (unpaired) electrons. The number of alkyl halides is 1. The number of hydrogen-bond acceptors (Lipinski definition) is 2. The first-order chi connectivity index (χ1) is 7.24. The van der Waals surface area contributed by atoms with Crippen LogP contribution in [0.15, 0.2) is 24.3 Å². The van der Waals surface area contributed by atoms with Crippen LogP contribution in [0.3, 0.4) is 0 Å². The summed E-state index contributed by atoms with van der Waals surface area (Å²) >= 11 is 6.04. The van der Waals surface area contributed by atoms with Crippen molar-refractivity contribution in [2.45, 2.75) is 24.8 Å². The van der Waals surface area contributed by atoms with Crippen LogP contribution in [0.5, 0.6) is 5.75 Å². The molecule has 1 aromatic rings. The Morgan fingerprint density at radius 3 is 2.73 bits per heavy atom. The Balaban J connectivity index is 1.92. The van der Waals surface area contributed by atoms with E-state index in [-0.39, 0.29) is 0 Å². The Labute approximate surface area is 95.5 Å². The molecule has 15 heavy (non-hydrogen) atoms. The monoisotopic (exact) mass is 225 g/mol. The van der Waals surface area contributed by atoms with E-state index in [2.05, 4.69) is 4.90 Å². The van der Waals surface area contributed by atoms with Gasteiger partial charge in [-0.2, -0.15) is 0 Å². The second kappa shape index (κ2) is 4.86. The Morgan fingerprint density at radius 1 is 1.33 bits per heavy atom. The molecule has 82 valence electrons. The molecule has 3 heteroatoms. The first-order valence-electron chi connectivity index (χ1n) is 5.38. The van der Waals surface area contributed by atoms with Gasteiger partial charge in [-0.1, -0.05) is 12.1 Å². The standard InChI is InChI=1S/C12H16ClNO/c13-11-4-6-14(7-5-11)9-10-2-1-3-12(15)8-10/h1-3,8,11,15H,4-7,9H2. The van der Waals surface area contributed by atoms with Gasteiger partial charge in [0.1, 0.15) is 5.75 Å². The normalized spacial score (nSPS) is 19.3. The third kappa shape index (κ3) is 3.11. The molecule has 0 saturated carbocycles. The summed E-state index contributed by atoms with van der Waals surface area (Å²) in [5.41, 5.74) is 1.17. The smallest absolute Gasteiger partial charge is 0.115 e. The lowest BCUT2D eigenvalue weighted by Crippen LogP contribution is -2.33. The van der Waals surface area contributed by atoms with Gasteiger partial charge in [0.2, 0.25) is 0 Å². The third-order valence-corrected chi connectivity index (χ3v) is 3.27. The molecular formula is C12H16ClNO. The van der Waals surface area contributed by atoms with E-state index < -0.39 is 0 Å². The predicted molar refractivity (Wildman–Crippen MR) is 62.3 cm³/mol. The van der Waals surface area contributed by atoms with Crippen molar-refractivity contribution in [3.63, 3.8) is 0 Å². The Morgan fingerprint density at radius 2 is 2.07 bits per heavy atom. The van der Waals surface area contributed by atoms with E-state index in [9.17, 15) is 5.11 Å². The fourth-order valence-corrected chi connectivity index (χ4v) is 2.17. The molecule has 1 N–H and O–H groups in total. The average Bonchev–Trinajstić information content (AvgIpc) is 2.22. The van der Waals surface area contributed by atoms with Gasteiger partial charge in [-0.3, -0.25) is 4.90 Å². The second-order valence-electron chi connectivity index (χ2n) is 4.12. The lowest BCUT2D eigenvalue weighted by molar-refractivity contribution is 0.223. The quantitative estimate of drug-likeness (QED) is 0.783. The summed E-state index contributed by atoms with van der Waals surface area (Å²) < 4.78 is 0. The zero-order valence-corrected chi connectivity index (χ0v) is 9.45. The topological polar surface area (TPSA) is 23.5 Å². The SMILES string of the molecule is Oc1cccc(CN2CCC(Cl)CC2)c1. The minimum absolute atomic E-state index is 0.347. The number of hydrogen-bond donors (Lipinski definition) is 1. The van der Waals surface area contributed by atoms with Crippen LogP contribution in [0.4, 0.5) is 0 Å². The van der Waals surface area contributed by atoms with Gasteiger partial charge in [0.25, 0.3) is 0 Å². The summed E-state index contributed by atoms with van der Waals surface area (Å²) in [6.45, 7) is 3.03. The van der Waals surface area contributed by atoms with Gasteiger partial charge < -0.3 is 5.11 Å². The highest BCUT2D eigenvalue weighted by Gasteiger charge is 2.16. The van der Waals surface area contributed by atoms with Crippen molar-refractivity contribution in [2.75, 3.05) is 13.1 Å². The molecule has 1 aliphatic rings. The van der Waals surface area contributed by atoms with Gasteiger partial charge in [-0.25, -0.2) is 0 Å². The highest BCUT2D eigenvalue weighted by molar-refractivity contribution is 6.20. The maximum absolute atomic E-state index is 9.34. The summed E-state index contributed by atoms with van der Waals surface area (Å²) in [6.07, 6.45) is 2.14. The van der Waals surface area contributed by atoms with E-state index in [1.54, 1.807) is 6.07 Å². The fourth-order valence-electron chi connectivity index (χ4n) is 1.97. The molecule has 1 heterocycles. The molecule has 1 aromatic carbocycles. The number of phenols is 1. The van der Waals surface area contributed by atoms with Crippen LogP contribution in [0.2, 0.25) is 0 Å². The van der Waals surface area contributed by atoms with Crippen LogP contribution in [0, 0.1) is 0 Å². The molecule has 0 atom stereocenters. The Bertz CT molecular complexity index is 321. The highest BCUT2D eigenvalue weighted by Crippen LogP contribution is 2.19. The molecule has 1 fully saturated rings. The van der Waals surface area contributed by atoms with Crippen molar-refractivity contribution in [1.29, 1.82) is 0 Å². The maximum atomic E-state index is 9.34. The summed E-state index contributed by atoms with van der Waals surface area (Å²) in [5.74, 6) is 0.347. The molecule has 0 bridgehead atoms. The van der Waals surface area contributed by atoms with Gasteiger partial charge in [-0.15, -0.1) is 11.6 Å². The number of aromatic hydroxyl groups is 1. The Kier molecular flexibility index (Phi) is 3.49. The highest BCUT2D eigenvalue weighted by atomic mass is 35.5. The lowest BCUT2D eigenvalue weighted by Gasteiger charge is -2.29. The zero-order chi connectivity index (χ0) is 10.7. The van der Waals surface area contributed by atoms with E-state index in [0.717, 1.165) is 32.5 Å². The Hall–Kier alpha value is -0.730. The van der Waals surface area contributed by atoms with Crippen LogP contribution in [0.1, 0.15) is 18.4 Å². The number of benzene rings is 1. The van der Waals surface area contributed by atoms with Crippen LogP contribution < -0.4 is 0 Å². The molecule has 2 nitrogen and oxygen atoms in total. The average molecular weight is 226 g/mol. The minimum Gasteiger partial charge on any atom is -0.508 e. The number of rotatable bonds is 2. The molecule has 0 aromatic heterocycles. The van der Waals surface area contributed by atoms with Crippen molar-refractivity contribution in [3.8, 4) is 5.75 Å². The third-order valence-electron chi connectivity index (χ3n) is 2.83. The minimum atomic E-state index is 0.347. The van der Waals surface area contributed by atoms with Crippen molar-refractivity contribution >= 4 is 11.6 Å². The molecule has 0 aliphatic carbocycles. The number of nitrogens with zero attached hydrogens (tertiary/aromatic N) is 1. The first-order valence-corrected chi connectivity index (χ1v) is 5.82. The van der Waals surface area contributed by atoms with E-state index >= 15 is 0 Å². The first kappa shape index (κ1) is 10.8. The zero-order valence-electron chi connectivity index (χ0n) is 8.69. The van der Waals surface area contributed by atoms with Crippen molar-refractivity contribution in [2.24, 2.45) is 0 Å². The molecule has 1 aliphatic heterocycles. The lowest BCUT2D eigenvalue weighted by atomic mass is 10.1. The van der Waals surface area contributed by atoms with E-state index in [1.807, 2.05) is 18.2 Å². The fraction of sp³-hybridized carbons (Fsp3) is 0.500. The number of phenolic OH excluding ortho intramolecular Hbond substituents is 1. The largest absolute Gasteiger partial charge is 0.508 e. The van der Waals surface area contributed by atoms with Gasteiger partial charge in [0, 0.05) is 11.9 Å². The maximum Gasteiger partial charge on any atom is 0.115 e. The van der Waals surface area contributed by atoms with Crippen molar-refractivity contribution in [3.05, 3.63) is 29.8 Å². The number of halogens is 1. The molecule has 2 rings (SSSR count). The van der Waals surface area contributed by atoms with Gasteiger partial charge >= 0.3 is 0 Å². The summed E-state index contributed by atoms with van der Waals surface area (Å²) in [5, 5.41) is 9.70. The van der Waals surface area contributed by atoms with Crippen LogP contribution in [0.25, 0.3) is 0 Å². The summed E-state index contributed by atoms with van der Waals surface area (Å²) in [7, 11) is 0. The predicted octanol–water partition coefficient (Wildman–Crippen LogP) is 2.60. The molecule has 0 amide bonds. The van der Waals surface area contributed by atoms with Gasteiger partial charge in [-0.05, 0) is 43.6 Å². The molecular weight excluding hydrogens is 210 g/mol. The van der Waals surface area contributed by atoms with Gasteiger partial charge in [0.15, 0.2) is 0 Å². The molecule has 1 saturated heterocycles. The number of piperidine rings is 1. The van der Waals surface area contributed by atoms with Gasteiger partial charge in [0.05, 0.1) is 0 Å². The van der Waals surface area contributed by atoms with Crippen molar-refractivity contribution in [1.82, 2.24) is 4.90 Å². The van der Waals surface area contributed by atoms with Crippen LogP contribution in [-0.2, 0) is 6.54 Å². The summed E-state index contributed by atoms with van der Waals surface area (Å²) in [6, 6.07) is 7.47. The van der Waals surface area contributed by atoms with E-state index in [0.29, 0.717) is 11.1 Å². The van der Waals surface area contributed by atoms with Crippen LogP contribution >= 0.6 is 11.6 Å².